The second-order valence-corrected chi connectivity index (χ2v) is 4.95. The Kier molecular flexibility index (Phi) is 3.23. The molecule has 0 fully saturated rings. The number of carbonyl (C=O) groups is 1. The van der Waals surface area contributed by atoms with Gasteiger partial charge in [-0.2, -0.15) is 0 Å². The largest absolute Gasteiger partial charge is 0.506 e. The van der Waals surface area contributed by atoms with Gasteiger partial charge in [0.2, 0.25) is 0 Å². The molecular weight excluding hydrogens is 294 g/mol. The number of nitrogens with zero attached hydrogens (tertiary/aromatic N) is 3. The monoisotopic (exact) mass is 303 g/mol. The van der Waals surface area contributed by atoms with Crippen molar-refractivity contribution in [2.45, 2.75) is 6.42 Å². The van der Waals surface area contributed by atoms with Gasteiger partial charge in [0.15, 0.2) is 0 Å². The van der Waals surface area contributed by atoms with E-state index < -0.39 is 5.97 Å². The zero-order valence-corrected chi connectivity index (χ0v) is 11.4. The lowest BCUT2D eigenvalue weighted by Crippen LogP contribution is -2.03. The molecule has 21 heavy (non-hydrogen) atoms. The fourth-order valence-electron chi connectivity index (χ4n) is 2.01. The topological polar surface area (TPSA) is 88.2 Å². The highest BCUT2D eigenvalue weighted by Gasteiger charge is 2.11. The van der Waals surface area contributed by atoms with Gasteiger partial charge < -0.3 is 10.2 Å². The van der Waals surface area contributed by atoms with Gasteiger partial charge in [-0.05, 0) is 35.9 Å². The molecule has 0 aliphatic heterocycles. The van der Waals surface area contributed by atoms with Crippen LogP contribution in [0.5, 0.6) is 5.75 Å². The molecule has 1 heterocycles. The van der Waals surface area contributed by atoms with Crippen molar-refractivity contribution in [1.82, 2.24) is 15.0 Å². The zero-order valence-electron chi connectivity index (χ0n) is 10.7. The van der Waals surface area contributed by atoms with Gasteiger partial charge in [-0.1, -0.05) is 17.7 Å². The Bertz CT molecular complexity index is 845. The number of phenolic OH excluding ortho intramolecular Hbond substituents is 1. The van der Waals surface area contributed by atoms with Crippen LogP contribution in [0.4, 0.5) is 0 Å². The zero-order chi connectivity index (χ0) is 15.0. The summed E-state index contributed by atoms with van der Waals surface area (Å²) in [4.78, 5) is 12.0. The number of hydrogen-bond acceptors (Lipinski definition) is 4. The molecule has 0 bridgehead atoms. The number of aromatic nitrogens is 3. The van der Waals surface area contributed by atoms with Crippen molar-refractivity contribution >= 4 is 28.6 Å². The summed E-state index contributed by atoms with van der Waals surface area (Å²) >= 11 is 5.90. The van der Waals surface area contributed by atoms with Crippen molar-refractivity contribution < 1.29 is 15.0 Å². The summed E-state index contributed by atoms with van der Waals surface area (Å²) in [7, 11) is 0. The van der Waals surface area contributed by atoms with Crippen LogP contribution >= 0.6 is 11.6 Å². The summed E-state index contributed by atoms with van der Waals surface area (Å²) in [6.07, 6.45) is -0.139. The maximum atomic E-state index is 10.8. The van der Waals surface area contributed by atoms with Crippen LogP contribution in [0.25, 0.3) is 16.7 Å². The lowest BCUT2D eigenvalue weighted by molar-refractivity contribution is -0.136. The van der Waals surface area contributed by atoms with Gasteiger partial charge in [0.25, 0.3) is 0 Å². The normalized spacial score (nSPS) is 10.9. The molecule has 7 heteroatoms. The minimum absolute atomic E-state index is 0.0319. The fraction of sp³-hybridized carbons (Fsp3) is 0.0714. The average Bonchev–Trinajstić information content (AvgIpc) is 2.83. The number of benzene rings is 2. The van der Waals surface area contributed by atoms with Gasteiger partial charge in [-0.25, -0.2) is 0 Å². The first-order chi connectivity index (χ1) is 10.0. The van der Waals surface area contributed by atoms with Crippen LogP contribution < -0.4 is 0 Å². The lowest BCUT2D eigenvalue weighted by Gasteiger charge is -2.05. The summed E-state index contributed by atoms with van der Waals surface area (Å²) in [6.45, 7) is 0. The number of fused-ring (bicyclic) bond motifs is 1. The van der Waals surface area contributed by atoms with Gasteiger partial charge in [0.1, 0.15) is 22.5 Å². The molecule has 0 aliphatic carbocycles. The van der Waals surface area contributed by atoms with E-state index in [-0.39, 0.29) is 12.2 Å². The van der Waals surface area contributed by atoms with E-state index in [0.717, 1.165) is 0 Å². The van der Waals surface area contributed by atoms with Crippen LogP contribution in [-0.4, -0.2) is 31.2 Å². The molecule has 0 atom stereocenters. The Morgan fingerprint density at radius 2 is 1.90 bits per heavy atom. The molecule has 0 saturated heterocycles. The predicted octanol–water partition coefficient (Wildman–Crippen LogP) is 2.41. The van der Waals surface area contributed by atoms with E-state index in [1.165, 1.54) is 10.9 Å². The molecule has 0 saturated carbocycles. The SMILES string of the molecule is O=C(O)Cc1ccc(O)c(-n2nc3ccc(Cl)cc3n2)c1. The first-order valence-corrected chi connectivity index (χ1v) is 6.47. The second kappa shape index (κ2) is 5.06. The molecule has 0 aliphatic rings. The summed E-state index contributed by atoms with van der Waals surface area (Å²) in [5, 5.41) is 27.8. The van der Waals surface area contributed by atoms with Crippen LogP contribution in [-0.2, 0) is 11.2 Å². The number of hydrogen-bond donors (Lipinski definition) is 2. The third-order valence-electron chi connectivity index (χ3n) is 2.95. The molecule has 6 nitrogen and oxygen atoms in total. The lowest BCUT2D eigenvalue weighted by atomic mass is 10.1. The Balaban J connectivity index is 2.10. The Hall–Kier alpha value is -2.60. The molecule has 0 radical (unpaired) electrons. The molecule has 3 rings (SSSR count). The molecule has 0 spiro atoms. The Labute approximate surface area is 124 Å². The van der Waals surface area contributed by atoms with Gasteiger partial charge in [-0.15, -0.1) is 15.0 Å². The third kappa shape index (κ3) is 2.66. The Morgan fingerprint density at radius 1 is 1.14 bits per heavy atom. The highest BCUT2D eigenvalue weighted by Crippen LogP contribution is 2.24. The van der Waals surface area contributed by atoms with Gasteiger partial charge >= 0.3 is 5.97 Å². The van der Waals surface area contributed by atoms with Gasteiger partial charge in [-0.3, -0.25) is 4.79 Å². The molecule has 1 aromatic heterocycles. The summed E-state index contributed by atoms with van der Waals surface area (Å²) in [5.74, 6) is -0.979. The number of phenols is 1. The summed E-state index contributed by atoms with van der Waals surface area (Å²) in [6, 6.07) is 9.60. The van der Waals surface area contributed by atoms with E-state index in [2.05, 4.69) is 10.2 Å². The molecule has 2 aromatic carbocycles. The van der Waals surface area contributed by atoms with E-state index in [1.807, 2.05) is 0 Å². The van der Waals surface area contributed by atoms with Crippen LogP contribution in [0, 0.1) is 0 Å². The van der Waals surface area contributed by atoms with Crippen molar-refractivity contribution in [2.24, 2.45) is 0 Å². The average molecular weight is 304 g/mol. The predicted molar refractivity (Wildman–Crippen MR) is 76.9 cm³/mol. The fourth-order valence-corrected chi connectivity index (χ4v) is 2.18. The van der Waals surface area contributed by atoms with Gasteiger partial charge in [0, 0.05) is 5.02 Å². The molecular formula is C14H10ClN3O3. The highest BCUT2D eigenvalue weighted by molar-refractivity contribution is 6.31. The number of carboxylic acid groups (broad SMARTS) is 1. The maximum Gasteiger partial charge on any atom is 0.307 e. The third-order valence-corrected chi connectivity index (χ3v) is 3.19. The van der Waals surface area contributed by atoms with Crippen LogP contribution in [0.3, 0.4) is 0 Å². The summed E-state index contributed by atoms with van der Waals surface area (Å²) < 4.78 is 0. The first kappa shape index (κ1) is 13.4. The molecule has 0 amide bonds. The van der Waals surface area contributed by atoms with E-state index in [9.17, 15) is 9.90 Å². The van der Waals surface area contributed by atoms with Crippen molar-refractivity contribution in [2.75, 3.05) is 0 Å². The van der Waals surface area contributed by atoms with E-state index in [4.69, 9.17) is 16.7 Å². The highest BCUT2D eigenvalue weighted by atomic mass is 35.5. The first-order valence-electron chi connectivity index (χ1n) is 6.09. The maximum absolute atomic E-state index is 10.8. The van der Waals surface area contributed by atoms with Crippen LogP contribution in [0.2, 0.25) is 5.02 Å². The minimum atomic E-state index is -0.947. The van der Waals surface area contributed by atoms with Crippen LogP contribution in [0.1, 0.15) is 5.56 Å². The van der Waals surface area contributed by atoms with Crippen molar-refractivity contribution in [3.8, 4) is 11.4 Å². The number of halogens is 1. The second-order valence-electron chi connectivity index (χ2n) is 4.52. The van der Waals surface area contributed by atoms with Gasteiger partial charge in [0.05, 0.1) is 6.42 Å². The molecule has 106 valence electrons. The number of aliphatic carboxylic acids is 1. The van der Waals surface area contributed by atoms with Crippen molar-refractivity contribution in [1.29, 1.82) is 0 Å². The minimum Gasteiger partial charge on any atom is -0.506 e. The quantitative estimate of drug-likeness (QED) is 0.775. The smallest absolute Gasteiger partial charge is 0.307 e. The van der Waals surface area contributed by atoms with Crippen molar-refractivity contribution in [3.05, 3.63) is 47.0 Å². The van der Waals surface area contributed by atoms with E-state index in [1.54, 1.807) is 30.3 Å². The number of carboxylic acids is 1. The Morgan fingerprint density at radius 3 is 2.67 bits per heavy atom. The van der Waals surface area contributed by atoms with E-state index >= 15 is 0 Å². The van der Waals surface area contributed by atoms with Crippen molar-refractivity contribution in [3.63, 3.8) is 0 Å². The number of rotatable bonds is 3. The molecule has 0 unspecified atom stereocenters. The van der Waals surface area contributed by atoms with E-state index in [0.29, 0.717) is 27.3 Å². The van der Waals surface area contributed by atoms with Crippen LogP contribution in [0.15, 0.2) is 36.4 Å². The summed E-state index contributed by atoms with van der Waals surface area (Å²) in [5.41, 5.74) is 2.09. The molecule has 3 aromatic rings. The molecule has 2 N–H and O–H groups in total. The standard InChI is InChI=1S/C14H10ClN3O3/c15-9-2-3-10-11(7-9)17-18(16-10)12-5-8(6-14(20)21)1-4-13(12)19/h1-5,7,19H,6H2,(H,20,21). The number of aromatic hydroxyl groups is 1.